The summed E-state index contributed by atoms with van der Waals surface area (Å²) >= 11 is 0. The number of nitrogens with zero attached hydrogens (tertiary/aromatic N) is 1. The average molecular weight is 248 g/mol. The second kappa shape index (κ2) is 5.82. The lowest BCUT2D eigenvalue weighted by molar-refractivity contribution is 0.0947. The first-order valence-corrected chi connectivity index (χ1v) is 6.39. The molecule has 1 aromatic rings. The normalized spacial score (nSPS) is 22.8. The minimum absolute atomic E-state index is 0.115. The molecular weight excluding hydrogens is 228 g/mol. The SMILES string of the molecule is CC1CCC(CNC(=O)c2cnccc2NN)C1. The molecule has 0 aliphatic heterocycles. The Labute approximate surface area is 107 Å². The van der Waals surface area contributed by atoms with Gasteiger partial charge in [-0.25, -0.2) is 0 Å². The van der Waals surface area contributed by atoms with Crippen molar-refractivity contribution in [2.45, 2.75) is 26.2 Å². The average Bonchev–Trinajstić information content (AvgIpc) is 2.81. The number of aromatic nitrogens is 1. The summed E-state index contributed by atoms with van der Waals surface area (Å²) < 4.78 is 0. The van der Waals surface area contributed by atoms with E-state index in [4.69, 9.17) is 5.84 Å². The molecule has 0 saturated heterocycles. The highest BCUT2D eigenvalue weighted by molar-refractivity contribution is 5.99. The van der Waals surface area contributed by atoms with Crippen molar-refractivity contribution in [3.05, 3.63) is 24.0 Å². The van der Waals surface area contributed by atoms with Gasteiger partial charge in [-0.05, 0) is 30.7 Å². The van der Waals surface area contributed by atoms with Crippen LogP contribution in [0.2, 0.25) is 0 Å². The molecule has 18 heavy (non-hydrogen) atoms. The minimum atomic E-state index is -0.115. The van der Waals surface area contributed by atoms with Crippen molar-refractivity contribution in [3.63, 3.8) is 0 Å². The van der Waals surface area contributed by atoms with Crippen molar-refractivity contribution in [2.24, 2.45) is 17.7 Å². The zero-order valence-corrected chi connectivity index (χ0v) is 10.6. The molecule has 0 radical (unpaired) electrons. The molecule has 98 valence electrons. The standard InChI is InChI=1S/C13H20N4O/c1-9-2-3-10(6-9)7-16-13(18)11-8-15-5-4-12(11)17-14/h4-5,8-10H,2-3,6-7,14H2,1H3,(H,15,17)(H,16,18). The van der Waals surface area contributed by atoms with E-state index >= 15 is 0 Å². The summed E-state index contributed by atoms with van der Waals surface area (Å²) in [6, 6.07) is 1.69. The van der Waals surface area contributed by atoms with Gasteiger partial charge >= 0.3 is 0 Å². The summed E-state index contributed by atoms with van der Waals surface area (Å²) in [5, 5.41) is 2.96. The number of anilines is 1. The molecule has 4 N–H and O–H groups in total. The Balaban J connectivity index is 1.91. The predicted molar refractivity (Wildman–Crippen MR) is 70.9 cm³/mol. The van der Waals surface area contributed by atoms with Gasteiger partial charge in [-0.15, -0.1) is 0 Å². The highest BCUT2D eigenvalue weighted by Gasteiger charge is 2.22. The topological polar surface area (TPSA) is 80.0 Å². The third-order valence-electron chi connectivity index (χ3n) is 3.58. The van der Waals surface area contributed by atoms with E-state index in [-0.39, 0.29) is 5.91 Å². The second-order valence-corrected chi connectivity index (χ2v) is 5.06. The van der Waals surface area contributed by atoms with Gasteiger partial charge in [-0.1, -0.05) is 13.3 Å². The van der Waals surface area contributed by atoms with Crippen LogP contribution in [0.25, 0.3) is 0 Å². The number of carbonyl (C=O) groups is 1. The molecule has 5 heteroatoms. The maximum absolute atomic E-state index is 12.0. The molecule has 2 rings (SSSR count). The number of hydrogen-bond donors (Lipinski definition) is 3. The third-order valence-corrected chi connectivity index (χ3v) is 3.58. The van der Waals surface area contributed by atoms with E-state index < -0.39 is 0 Å². The molecule has 1 heterocycles. The number of nitrogen functional groups attached to an aromatic ring is 1. The first-order chi connectivity index (χ1) is 8.70. The van der Waals surface area contributed by atoms with Crippen molar-refractivity contribution < 1.29 is 4.79 Å². The fourth-order valence-corrected chi connectivity index (χ4v) is 2.54. The first kappa shape index (κ1) is 12.8. The third kappa shape index (κ3) is 2.98. The Kier molecular flexibility index (Phi) is 4.15. The van der Waals surface area contributed by atoms with Gasteiger partial charge < -0.3 is 10.7 Å². The number of hydrazine groups is 1. The predicted octanol–water partition coefficient (Wildman–Crippen LogP) is 1.53. The van der Waals surface area contributed by atoms with Gasteiger partial charge in [0.15, 0.2) is 0 Å². The van der Waals surface area contributed by atoms with Crippen LogP contribution in [0.15, 0.2) is 18.5 Å². The molecular formula is C13H20N4O. The van der Waals surface area contributed by atoms with E-state index in [9.17, 15) is 4.79 Å². The zero-order valence-electron chi connectivity index (χ0n) is 10.6. The number of nitrogens with one attached hydrogen (secondary N) is 2. The summed E-state index contributed by atoms with van der Waals surface area (Å²) in [4.78, 5) is 16.0. The van der Waals surface area contributed by atoms with Gasteiger partial charge in [0.1, 0.15) is 0 Å². The van der Waals surface area contributed by atoms with Gasteiger partial charge in [-0.2, -0.15) is 0 Å². The van der Waals surface area contributed by atoms with Crippen LogP contribution in [0, 0.1) is 11.8 Å². The number of carbonyl (C=O) groups excluding carboxylic acids is 1. The zero-order chi connectivity index (χ0) is 13.0. The van der Waals surface area contributed by atoms with Gasteiger partial charge in [0.2, 0.25) is 0 Å². The Bertz CT molecular complexity index is 421. The maximum Gasteiger partial charge on any atom is 0.255 e. The van der Waals surface area contributed by atoms with E-state index in [0.717, 1.165) is 12.5 Å². The fraction of sp³-hybridized carbons (Fsp3) is 0.538. The van der Waals surface area contributed by atoms with Gasteiger partial charge in [0.05, 0.1) is 11.3 Å². The molecule has 1 saturated carbocycles. The van der Waals surface area contributed by atoms with E-state index in [1.165, 1.54) is 25.5 Å². The van der Waals surface area contributed by atoms with Crippen LogP contribution in [0.5, 0.6) is 0 Å². The van der Waals surface area contributed by atoms with Crippen LogP contribution in [0.4, 0.5) is 5.69 Å². The second-order valence-electron chi connectivity index (χ2n) is 5.06. The van der Waals surface area contributed by atoms with Crippen molar-refractivity contribution in [1.82, 2.24) is 10.3 Å². The van der Waals surface area contributed by atoms with Crippen molar-refractivity contribution >= 4 is 11.6 Å². The number of amides is 1. The van der Waals surface area contributed by atoms with Crippen LogP contribution in [0.3, 0.4) is 0 Å². The fourth-order valence-electron chi connectivity index (χ4n) is 2.54. The number of pyridine rings is 1. The summed E-state index contributed by atoms with van der Waals surface area (Å²) in [7, 11) is 0. The van der Waals surface area contributed by atoms with Crippen molar-refractivity contribution in [3.8, 4) is 0 Å². The smallest absolute Gasteiger partial charge is 0.255 e. The number of hydrogen-bond acceptors (Lipinski definition) is 4. The largest absolute Gasteiger partial charge is 0.352 e. The molecule has 1 aliphatic carbocycles. The molecule has 1 aliphatic rings. The van der Waals surface area contributed by atoms with E-state index in [1.807, 2.05) is 0 Å². The Morgan fingerprint density at radius 3 is 3.06 bits per heavy atom. The highest BCUT2D eigenvalue weighted by atomic mass is 16.1. The summed E-state index contributed by atoms with van der Waals surface area (Å²) in [6.07, 6.45) is 6.81. The van der Waals surface area contributed by atoms with Crippen LogP contribution in [-0.2, 0) is 0 Å². The van der Waals surface area contributed by atoms with Gasteiger partial charge in [0.25, 0.3) is 5.91 Å². The van der Waals surface area contributed by atoms with Gasteiger partial charge in [0, 0.05) is 18.9 Å². The minimum Gasteiger partial charge on any atom is -0.352 e. The molecule has 1 aromatic heterocycles. The van der Waals surface area contributed by atoms with Crippen LogP contribution in [-0.4, -0.2) is 17.4 Å². The molecule has 0 bridgehead atoms. The van der Waals surface area contributed by atoms with Crippen molar-refractivity contribution in [1.29, 1.82) is 0 Å². The van der Waals surface area contributed by atoms with Crippen molar-refractivity contribution in [2.75, 3.05) is 12.0 Å². The lowest BCUT2D eigenvalue weighted by Crippen LogP contribution is -2.29. The molecule has 0 spiro atoms. The van der Waals surface area contributed by atoms with Crippen LogP contribution >= 0.6 is 0 Å². The quantitative estimate of drug-likeness (QED) is 0.557. The molecule has 1 fully saturated rings. The lowest BCUT2D eigenvalue weighted by Gasteiger charge is -2.12. The number of rotatable bonds is 4. The van der Waals surface area contributed by atoms with E-state index in [2.05, 4.69) is 22.7 Å². The van der Waals surface area contributed by atoms with Crippen LogP contribution in [0.1, 0.15) is 36.5 Å². The Morgan fingerprint density at radius 2 is 2.39 bits per heavy atom. The summed E-state index contributed by atoms with van der Waals surface area (Å²) in [6.45, 7) is 3.00. The maximum atomic E-state index is 12.0. The molecule has 2 unspecified atom stereocenters. The molecule has 2 atom stereocenters. The van der Waals surface area contributed by atoms with E-state index in [0.29, 0.717) is 17.2 Å². The number of nitrogens with two attached hydrogens (primary N) is 1. The highest BCUT2D eigenvalue weighted by Crippen LogP contribution is 2.29. The Morgan fingerprint density at radius 1 is 1.56 bits per heavy atom. The lowest BCUT2D eigenvalue weighted by atomic mass is 10.1. The molecule has 1 amide bonds. The summed E-state index contributed by atoms with van der Waals surface area (Å²) in [5.41, 5.74) is 3.60. The van der Waals surface area contributed by atoms with Crippen LogP contribution < -0.4 is 16.6 Å². The molecule has 5 nitrogen and oxygen atoms in total. The van der Waals surface area contributed by atoms with Gasteiger partial charge in [-0.3, -0.25) is 15.6 Å². The summed E-state index contributed by atoms with van der Waals surface area (Å²) in [5.74, 6) is 6.64. The van der Waals surface area contributed by atoms with E-state index in [1.54, 1.807) is 12.3 Å². The monoisotopic (exact) mass is 248 g/mol. The first-order valence-electron chi connectivity index (χ1n) is 6.39. The Hall–Kier alpha value is -1.62. The molecule has 0 aromatic carbocycles.